The van der Waals surface area contributed by atoms with Crippen LogP contribution in [0, 0.1) is 0 Å². The highest BCUT2D eigenvalue weighted by Crippen LogP contribution is 2.03. The summed E-state index contributed by atoms with van der Waals surface area (Å²) in [6.45, 7) is 2.35. The van der Waals surface area contributed by atoms with Gasteiger partial charge in [0.05, 0.1) is 6.54 Å². The van der Waals surface area contributed by atoms with E-state index in [2.05, 4.69) is 29.6 Å². The van der Waals surface area contributed by atoms with Gasteiger partial charge in [0, 0.05) is 5.69 Å². The van der Waals surface area contributed by atoms with Gasteiger partial charge in [0.2, 0.25) is 5.91 Å². The smallest absolute Gasteiger partial charge is 0.238 e. The molecular weight excluding hydrogens is 226 g/mol. The van der Waals surface area contributed by atoms with Gasteiger partial charge in [0.15, 0.2) is 0 Å². The predicted octanol–water partition coefficient (Wildman–Crippen LogP) is 1.56. The van der Waals surface area contributed by atoms with Crippen molar-refractivity contribution in [3.8, 4) is 0 Å². The second-order valence-electron chi connectivity index (χ2n) is 4.60. The molecule has 1 rings (SSSR count). The number of hydrogen-bond donors (Lipinski definition) is 2. The minimum absolute atomic E-state index is 0.00816. The van der Waals surface area contributed by atoms with Crippen LogP contribution in [-0.4, -0.2) is 44.5 Å². The molecule has 0 aromatic heterocycles. The van der Waals surface area contributed by atoms with Gasteiger partial charge in [0.25, 0.3) is 0 Å². The Morgan fingerprint density at radius 3 is 2.56 bits per heavy atom. The van der Waals surface area contributed by atoms with Gasteiger partial charge in [-0.3, -0.25) is 4.79 Å². The van der Waals surface area contributed by atoms with Gasteiger partial charge < -0.3 is 15.5 Å². The van der Waals surface area contributed by atoms with Crippen LogP contribution in [0.3, 0.4) is 0 Å². The Kier molecular flexibility index (Phi) is 7.06. The molecule has 1 aromatic carbocycles. The monoisotopic (exact) mass is 249 g/mol. The molecule has 2 N–H and O–H groups in total. The first-order valence-electron chi connectivity index (χ1n) is 6.39. The summed E-state index contributed by atoms with van der Waals surface area (Å²) in [7, 11) is 4.14. The molecule has 0 saturated carbocycles. The Balaban J connectivity index is 2.04. The lowest BCUT2D eigenvalue weighted by Gasteiger charge is -2.09. The molecule has 0 aliphatic carbocycles. The maximum absolute atomic E-state index is 11.6. The number of amides is 1. The Labute approximate surface area is 109 Å². The number of unbranched alkanes of at least 4 members (excludes halogenated alkanes) is 1. The van der Waals surface area contributed by atoms with Crippen LogP contribution in [0.4, 0.5) is 5.69 Å². The molecular formula is C14H23N3O. The van der Waals surface area contributed by atoms with Crippen LogP contribution in [0.2, 0.25) is 0 Å². The van der Waals surface area contributed by atoms with Gasteiger partial charge in [-0.15, -0.1) is 0 Å². The van der Waals surface area contributed by atoms with Crippen molar-refractivity contribution < 1.29 is 4.79 Å². The van der Waals surface area contributed by atoms with Crippen LogP contribution < -0.4 is 10.6 Å². The standard InChI is InChI=1S/C14H23N3O/c1-17(2)11-7-6-10-15-12-14(18)16-13-8-4-3-5-9-13/h3-5,8-9,15H,6-7,10-12H2,1-2H3,(H,16,18). The van der Waals surface area contributed by atoms with Gasteiger partial charge in [-0.05, 0) is 52.2 Å². The fourth-order valence-electron chi connectivity index (χ4n) is 1.61. The molecule has 0 spiro atoms. The Morgan fingerprint density at radius 1 is 1.17 bits per heavy atom. The first-order valence-corrected chi connectivity index (χ1v) is 6.39. The summed E-state index contributed by atoms with van der Waals surface area (Å²) in [6.07, 6.45) is 2.25. The van der Waals surface area contributed by atoms with E-state index >= 15 is 0 Å². The van der Waals surface area contributed by atoms with Crippen LogP contribution >= 0.6 is 0 Å². The average molecular weight is 249 g/mol. The molecule has 0 bridgehead atoms. The maximum atomic E-state index is 11.6. The summed E-state index contributed by atoms with van der Waals surface area (Å²) >= 11 is 0. The summed E-state index contributed by atoms with van der Waals surface area (Å²) in [5, 5.41) is 5.99. The number of nitrogens with one attached hydrogen (secondary N) is 2. The van der Waals surface area contributed by atoms with Crippen LogP contribution in [-0.2, 0) is 4.79 Å². The number of rotatable bonds is 8. The zero-order chi connectivity index (χ0) is 13.2. The highest BCUT2D eigenvalue weighted by Gasteiger charge is 2.00. The zero-order valence-corrected chi connectivity index (χ0v) is 11.3. The van der Waals surface area contributed by atoms with E-state index in [1.807, 2.05) is 30.3 Å². The molecule has 0 radical (unpaired) electrons. The number of nitrogens with zero attached hydrogens (tertiary/aromatic N) is 1. The van der Waals surface area contributed by atoms with Crippen molar-refractivity contribution in [2.24, 2.45) is 0 Å². The molecule has 0 saturated heterocycles. The Bertz CT molecular complexity index is 338. The van der Waals surface area contributed by atoms with Crippen molar-refractivity contribution in [2.45, 2.75) is 12.8 Å². The van der Waals surface area contributed by atoms with Crippen molar-refractivity contribution >= 4 is 11.6 Å². The summed E-state index contributed by atoms with van der Waals surface area (Å²) in [6, 6.07) is 9.51. The Morgan fingerprint density at radius 2 is 1.89 bits per heavy atom. The number of anilines is 1. The maximum Gasteiger partial charge on any atom is 0.238 e. The number of carbonyl (C=O) groups excluding carboxylic acids is 1. The molecule has 0 atom stereocenters. The summed E-state index contributed by atoms with van der Waals surface area (Å²) in [5.74, 6) is 0.00816. The molecule has 1 amide bonds. The third-order valence-corrected chi connectivity index (χ3v) is 2.55. The molecule has 4 nitrogen and oxygen atoms in total. The van der Waals surface area contributed by atoms with Gasteiger partial charge in [-0.1, -0.05) is 18.2 Å². The zero-order valence-electron chi connectivity index (χ0n) is 11.3. The first kappa shape index (κ1) is 14.7. The van der Waals surface area contributed by atoms with Crippen LogP contribution in [0.5, 0.6) is 0 Å². The highest BCUT2D eigenvalue weighted by molar-refractivity contribution is 5.92. The van der Waals surface area contributed by atoms with Crippen LogP contribution in [0.15, 0.2) is 30.3 Å². The quantitative estimate of drug-likeness (QED) is 0.687. The van der Waals surface area contributed by atoms with Crippen molar-refractivity contribution in [1.29, 1.82) is 0 Å². The average Bonchev–Trinajstić information content (AvgIpc) is 2.34. The second-order valence-corrected chi connectivity index (χ2v) is 4.60. The molecule has 0 heterocycles. The summed E-state index contributed by atoms with van der Waals surface area (Å²) in [4.78, 5) is 13.7. The fourth-order valence-corrected chi connectivity index (χ4v) is 1.61. The van der Waals surface area contributed by atoms with E-state index in [1.165, 1.54) is 0 Å². The van der Waals surface area contributed by atoms with E-state index in [4.69, 9.17) is 0 Å². The molecule has 100 valence electrons. The van der Waals surface area contributed by atoms with Gasteiger partial charge >= 0.3 is 0 Å². The van der Waals surface area contributed by atoms with E-state index in [0.717, 1.165) is 31.6 Å². The lowest BCUT2D eigenvalue weighted by atomic mass is 10.3. The van der Waals surface area contributed by atoms with Crippen molar-refractivity contribution in [3.63, 3.8) is 0 Å². The third kappa shape index (κ3) is 7.04. The first-order chi connectivity index (χ1) is 8.68. The third-order valence-electron chi connectivity index (χ3n) is 2.55. The van der Waals surface area contributed by atoms with E-state index in [1.54, 1.807) is 0 Å². The summed E-state index contributed by atoms with van der Waals surface area (Å²) in [5.41, 5.74) is 0.844. The van der Waals surface area contributed by atoms with Gasteiger partial charge in [-0.2, -0.15) is 0 Å². The highest BCUT2D eigenvalue weighted by atomic mass is 16.1. The van der Waals surface area contributed by atoms with Crippen molar-refractivity contribution in [1.82, 2.24) is 10.2 Å². The van der Waals surface area contributed by atoms with Gasteiger partial charge in [0.1, 0.15) is 0 Å². The number of para-hydroxylation sites is 1. The summed E-state index contributed by atoms with van der Waals surface area (Å²) < 4.78 is 0. The minimum atomic E-state index is 0.00816. The predicted molar refractivity (Wildman–Crippen MR) is 75.7 cm³/mol. The number of hydrogen-bond acceptors (Lipinski definition) is 3. The topological polar surface area (TPSA) is 44.4 Å². The second kappa shape index (κ2) is 8.66. The fraction of sp³-hybridized carbons (Fsp3) is 0.500. The molecule has 18 heavy (non-hydrogen) atoms. The van der Waals surface area contributed by atoms with E-state index in [-0.39, 0.29) is 5.91 Å². The minimum Gasteiger partial charge on any atom is -0.325 e. The molecule has 4 heteroatoms. The largest absolute Gasteiger partial charge is 0.325 e. The number of carbonyl (C=O) groups is 1. The van der Waals surface area contributed by atoms with Crippen molar-refractivity contribution in [3.05, 3.63) is 30.3 Å². The van der Waals surface area contributed by atoms with E-state index in [9.17, 15) is 4.79 Å². The Hall–Kier alpha value is -1.39. The lowest BCUT2D eigenvalue weighted by molar-refractivity contribution is -0.115. The van der Waals surface area contributed by atoms with Gasteiger partial charge in [-0.25, -0.2) is 0 Å². The molecule has 1 aromatic rings. The number of benzene rings is 1. The SMILES string of the molecule is CN(C)CCCCNCC(=O)Nc1ccccc1. The molecule has 0 fully saturated rings. The molecule has 0 aliphatic rings. The van der Waals surface area contributed by atoms with Crippen LogP contribution in [0.25, 0.3) is 0 Å². The van der Waals surface area contributed by atoms with E-state index < -0.39 is 0 Å². The lowest BCUT2D eigenvalue weighted by Crippen LogP contribution is -2.29. The van der Waals surface area contributed by atoms with E-state index in [0.29, 0.717) is 6.54 Å². The normalized spacial score (nSPS) is 10.6. The van der Waals surface area contributed by atoms with Crippen LogP contribution in [0.1, 0.15) is 12.8 Å². The molecule has 0 unspecified atom stereocenters. The molecule has 0 aliphatic heterocycles. The van der Waals surface area contributed by atoms with Crippen molar-refractivity contribution in [2.75, 3.05) is 39.0 Å².